The van der Waals surface area contributed by atoms with Crippen LogP contribution in [-0.4, -0.2) is 26.0 Å². The van der Waals surface area contributed by atoms with Crippen molar-refractivity contribution in [3.63, 3.8) is 0 Å². The molecule has 6 heteroatoms. The lowest BCUT2D eigenvalue weighted by Crippen LogP contribution is -2.40. The summed E-state index contributed by atoms with van der Waals surface area (Å²) in [5, 5.41) is 5.54. The van der Waals surface area contributed by atoms with E-state index < -0.39 is 0 Å². The molecule has 0 spiro atoms. The number of nitrogens with zero attached hydrogens (tertiary/aromatic N) is 3. The van der Waals surface area contributed by atoms with Crippen molar-refractivity contribution < 1.29 is 4.39 Å². The number of benzene rings is 1. The van der Waals surface area contributed by atoms with Gasteiger partial charge in [-0.1, -0.05) is 24.5 Å². The molecular weight excluding hydrogens is 377 g/mol. The summed E-state index contributed by atoms with van der Waals surface area (Å²) in [6.07, 6.45) is 9.61. The molecule has 152 valence electrons. The molecule has 0 radical (unpaired) electrons. The lowest BCUT2D eigenvalue weighted by Gasteiger charge is -2.43. The SMILES string of the molecule is Cc1ccc2nc(-c3c[nH]c4ncc(F)cc34)nc(NC3CC4CCC3CC4)c2c1. The molecule has 7 rings (SSSR count). The van der Waals surface area contributed by atoms with Crippen LogP contribution >= 0.6 is 0 Å². The fourth-order valence-electron chi connectivity index (χ4n) is 5.37. The second-order valence-electron chi connectivity index (χ2n) is 8.94. The number of halogens is 1. The maximum Gasteiger partial charge on any atom is 0.164 e. The molecule has 1 aromatic carbocycles. The van der Waals surface area contributed by atoms with E-state index in [0.29, 0.717) is 22.9 Å². The molecule has 1 atom stereocenters. The van der Waals surface area contributed by atoms with Crippen molar-refractivity contribution >= 4 is 27.8 Å². The molecule has 3 aliphatic carbocycles. The van der Waals surface area contributed by atoms with Crippen LogP contribution in [0.2, 0.25) is 0 Å². The van der Waals surface area contributed by atoms with Gasteiger partial charge in [-0.2, -0.15) is 0 Å². The molecule has 4 aromatic rings. The summed E-state index contributed by atoms with van der Waals surface area (Å²) in [4.78, 5) is 17.0. The fraction of sp³-hybridized carbons (Fsp3) is 0.375. The minimum atomic E-state index is -0.364. The van der Waals surface area contributed by atoms with Gasteiger partial charge in [-0.05, 0) is 56.2 Å². The van der Waals surface area contributed by atoms with Crippen LogP contribution in [0, 0.1) is 24.6 Å². The van der Waals surface area contributed by atoms with E-state index in [-0.39, 0.29) is 5.82 Å². The first-order valence-electron chi connectivity index (χ1n) is 10.8. The van der Waals surface area contributed by atoms with E-state index in [9.17, 15) is 4.39 Å². The van der Waals surface area contributed by atoms with Gasteiger partial charge in [0.05, 0.1) is 11.7 Å². The number of hydrogen-bond acceptors (Lipinski definition) is 4. The molecule has 0 aliphatic heterocycles. The Morgan fingerprint density at radius 2 is 1.93 bits per heavy atom. The molecule has 3 aliphatic rings. The summed E-state index contributed by atoms with van der Waals surface area (Å²) in [6, 6.07) is 8.22. The smallest absolute Gasteiger partial charge is 0.164 e. The van der Waals surface area contributed by atoms with Crippen LogP contribution in [0.5, 0.6) is 0 Å². The van der Waals surface area contributed by atoms with Crippen LogP contribution in [-0.2, 0) is 0 Å². The number of hydrogen-bond donors (Lipinski definition) is 2. The summed E-state index contributed by atoms with van der Waals surface area (Å²) in [7, 11) is 0. The molecule has 2 bridgehead atoms. The van der Waals surface area contributed by atoms with Gasteiger partial charge in [0.15, 0.2) is 5.82 Å². The van der Waals surface area contributed by atoms with Gasteiger partial charge in [0.25, 0.3) is 0 Å². The van der Waals surface area contributed by atoms with Crippen LogP contribution < -0.4 is 5.32 Å². The third-order valence-corrected chi connectivity index (χ3v) is 6.96. The average Bonchev–Trinajstić information content (AvgIpc) is 3.18. The van der Waals surface area contributed by atoms with Crippen molar-refractivity contribution in [3.05, 3.63) is 48.0 Å². The molecule has 3 saturated carbocycles. The standard InChI is InChI=1S/C24H24FN5/c1-13-2-7-20-18(8-13)23(29-21-9-14-3-5-15(21)6-4-14)30-24(28-20)19-12-27-22-17(19)10-16(25)11-26-22/h2,7-8,10-12,14-15,21H,3-6,9H2,1H3,(H,26,27)(H,28,29,30). The Morgan fingerprint density at radius 3 is 2.73 bits per heavy atom. The van der Waals surface area contributed by atoms with Crippen molar-refractivity contribution in [1.29, 1.82) is 0 Å². The van der Waals surface area contributed by atoms with Gasteiger partial charge in [0.2, 0.25) is 0 Å². The second kappa shape index (κ2) is 6.76. The Balaban J connectivity index is 1.49. The highest BCUT2D eigenvalue weighted by atomic mass is 19.1. The van der Waals surface area contributed by atoms with E-state index in [0.717, 1.165) is 34.1 Å². The fourth-order valence-corrected chi connectivity index (χ4v) is 5.37. The molecule has 3 fully saturated rings. The van der Waals surface area contributed by atoms with Crippen molar-refractivity contribution in [3.8, 4) is 11.4 Å². The minimum absolute atomic E-state index is 0.364. The van der Waals surface area contributed by atoms with E-state index >= 15 is 0 Å². The summed E-state index contributed by atoms with van der Waals surface area (Å²) in [6.45, 7) is 2.09. The molecule has 0 saturated heterocycles. The molecule has 5 nitrogen and oxygen atoms in total. The third kappa shape index (κ3) is 2.93. The Hall–Kier alpha value is -3.02. The minimum Gasteiger partial charge on any atom is -0.366 e. The zero-order valence-corrected chi connectivity index (χ0v) is 17.0. The van der Waals surface area contributed by atoms with Crippen molar-refractivity contribution in [2.45, 2.75) is 45.1 Å². The number of fused-ring (bicyclic) bond motifs is 5. The number of anilines is 1. The highest BCUT2D eigenvalue weighted by Crippen LogP contribution is 2.43. The highest BCUT2D eigenvalue weighted by Gasteiger charge is 2.36. The summed E-state index contributed by atoms with van der Waals surface area (Å²) < 4.78 is 13.9. The number of aromatic nitrogens is 4. The average molecular weight is 401 g/mol. The largest absolute Gasteiger partial charge is 0.366 e. The van der Waals surface area contributed by atoms with Gasteiger partial charge < -0.3 is 10.3 Å². The zero-order valence-electron chi connectivity index (χ0n) is 17.0. The van der Waals surface area contributed by atoms with E-state index in [2.05, 4.69) is 34.3 Å². The molecule has 30 heavy (non-hydrogen) atoms. The Kier molecular flexibility index (Phi) is 4.01. The summed E-state index contributed by atoms with van der Waals surface area (Å²) in [5.74, 6) is 2.67. The van der Waals surface area contributed by atoms with Crippen LogP contribution in [0.4, 0.5) is 10.2 Å². The van der Waals surface area contributed by atoms with E-state index in [1.54, 1.807) is 0 Å². The van der Waals surface area contributed by atoms with Gasteiger partial charge in [0.1, 0.15) is 17.3 Å². The van der Waals surface area contributed by atoms with Gasteiger partial charge in [0, 0.05) is 28.6 Å². The summed E-state index contributed by atoms with van der Waals surface area (Å²) in [5.41, 5.74) is 3.49. The number of aryl methyl sites for hydroxylation is 1. The molecule has 1 unspecified atom stereocenters. The van der Waals surface area contributed by atoms with E-state index in [1.165, 1.54) is 49.9 Å². The predicted octanol–water partition coefficient (Wildman–Crippen LogP) is 5.61. The van der Waals surface area contributed by atoms with Crippen molar-refractivity contribution in [2.75, 3.05) is 5.32 Å². The van der Waals surface area contributed by atoms with Crippen molar-refractivity contribution in [1.82, 2.24) is 19.9 Å². The van der Waals surface area contributed by atoms with Crippen LogP contribution in [0.25, 0.3) is 33.3 Å². The first-order chi connectivity index (χ1) is 14.6. The quantitative estimate of drug-likeness (QED) is 0.468. The van der Waals surface area contributed by atoms with Crippen LogP contribution in [0.1, 0.15) is 37.7 Å². The Morgan fingerprint density at radius 1 is 1.07 bits per heavy atom. The first kappa shape index (κ1) is 17.8. The van der Waals surface area contributed by atoms with Crippen LogP contribution in [0.3, 0.4) is 0 Å². The zero-order chi connectivity index (χ0) is 20.2. The third-order valence-electron chi connectivity index (χ3n) is 6.96. The van der Waals surface area contributed by atoms with Gasteiger partial charge in [-0.25, -0.2) is 19.3 Å². The number of aromatic amines is 1. The van der Waals surface area contributed by atoms with E-state index in [4.69, 9.17) is 9.97 Å². The Labute approximate surface area is 174 Å². The number of nitrogens with one attached hydrogen (secondary N) is 2. The first-order valence-corrected chi connectivity index (χ1v) is 10.8. The molecule has 0 amide bonds. The predicted molar refractivity (Wildman–Crippen MR) is 117 cm³/mol. The molecular formula is C24H24FN5. The van der Waals surface area contributed by atoms with E-state index in [1.807, 2.05) is 12.3 Å². The lowest BCUT2D eigenvalue weighted by atomic mass is 9.68. The molecule has 2 N–H and O–H groups in total. The normalized spacial score (nSPS) is 23.3. The molecule has 3 aromatic heterocycles. The van der Waals surface area contributed by atoms with Gasteiger partial charge >= 0.3 is 0 Å². The van der Waals surface area contributed by atoms with Gasteiger partial charge in [-0.3, -0.25) is 0 Å². The summed E-state index contributed by atoms with van der Waals surface area (Å²) >= 11 is 0. The lowest BCUT2D eigenvalue weighted by molar-refractivity contribution is 0.157. The van der Waals surface area contributed by atoms with Gasteiger partial charge in [-0.15, -0.1) is 0 Å². The molecule has 3 heterocycles. The van der Waals surface area contributed by atoms with Crippen molar-refractivity contribution in [2.24, 2.45) is 11.8 Å². The number of pyridine rings is 1. The van der Waals surface area contributed by atoms with Crippen LogP contribution in [0.15, 0.2) is 36.7 Å². The maximum absolute atomic E-state index is 13.9. The topological polar surface area (TPSA) is 66.5 Å². The number of H-pyrrole nitrogens is 1. The monoisotopic (exact) mass is 401 g/mol. The Bertz CT molecular complexity index is 1260. The number of rotatable bonds is 3. The maximum atomic E-state index is 13.9. The highest BCUT2D eigenvalue weighted by molar-refractivity contribution is 5.95. The second-order valence-corrected chi connectivity index (χ2v) is 8.94.